The van der Waals surface area contributed by atoms with Gasteiger partial charge in [-0.05, 0) is 6.92 Å². The van der Waals surface area contributed by atoms with Gasteiger partial charge in [-0.1, -0.05) is 29.8 Å². The van der Waals surface area contributed by atoms with Crippen molar-refractivity contribution in [3.05, 3.63) is 35.4 Å². The van der Waals surface area contributed by atoms with Gasteiger partial charge in [-0.15, -0.1) is 0 Å². The van der Waals surface area contributed by atoms with E-state index in [0.717, 1.165) is 5.56 Å². The zero-order valence-corrected chi connectivity index (χ0v) is 7.53. The van der Waals surface area contributed by atoms with Gasteiger partial charge in [0.2, 0.25) is 0 Å². The van der Waals surface area contributed by atoms with Gasteiger partial charge in [-0.25, -0.2) is 0 Å². The molecule has 1 aromatic carbocycles. The summed E-state index contributed by atoms with van der Waals surface area (Å²) in [5.41, 5.74) is 6.75. The molecule has 0 bridgehead atoms. The van der Waals surface area contributed by atoms with Crippen molar-refractivity contribution >= 4 is 5.78 Å². The van der Waals surface area contributed by atoms with Crippen molar-refractivity contribution in [2.45, 2.75) is 13.0 Å². The fourth-order valence-electron chi connectivity index (χ4n) is 1.02. The molecular formula is C10H13NO2. The zero-order valence-electron chi connectivity index (χ0n) is 7.53. The van der Waals surface area contributed by atoms with Crippen LogP contribution in [0.15, 0.2) is 24.3 Å². The number of hydrogen-bond acceptors (Lipinski definition) is 3. The molecule has 0 spiro atoms. The quantitative estimate of drug-likeness (QED) is 0.664. The van der Waals surface area contributed by atoms with Gasteiger partial charge in [-0.3, -0.25) is 4.79 Å². The second-order valence-corrected chi connectivity index (χ2v) is 2.98. The Morgan fingerprint density at radius 2 is 2.00 bits per heavy atom. The monoisotopic (exact) mass is 179 g/mol. The average molecular weight is 179 g/mol. The van der Waals surface area contributed by atoms with Gasteiger partial charge < -0.3 is 10.8 Å². The van der Waals surface area contributed by atoms with E-state index in [2.05, 4.69) is 0 Å². The van der Waals surface area contributed by atoms with Crippen LogP contribution in [0.4, 0.5) is 0 Å². The number of nitrogens with two attached hydrogens (primary N) is 1. The molecule has 3 nitrogen and oxygen atoms in total. The SMILES string of the molecule is Cc1ccc(C(=O)C(O)CN)cc1. The molecule has 1 atom stereocenters. The zero-order chi connectivity index (χ0) is 9.84. The molecule has 0 aliphatic carbocycles. The molecule has 0 radical (unpaired) electrons. The van der Waals surface area contributed by atoms with E-state index >= 15 is 0 Å². The summed E-state index contributed by atoms with van der Waals surface area (Å²) in [7, 11) is 0. The van der Waals surface area contributed by atoms with Crippen molar-refractivity contribution < 1.29 is 9.90 Å². The minimum atomic E-state index is -1.08. The summed E-state index contributed by atoms with van der Waals surface area (Å²) in [5, 5.41) is 9.17. The van der Waals surface area contributed by atoms with Crippen LogP contribution < -0.4 is 5.73 Å². The van der Waals surface area contributed by atoms with Crippen LogP contribution >= 0.6 is 0 Å². The lowest BCUT2D eigenvalue weighted by Gasteiger charge is -2.06. The molecule has 0 saturated carbocycles. The number of aliphatic hydroxyl groups excluding tert-OH is 1. The summed E-state index contributed by atoms with van der Waals surface area (Å²) in [6.45, 7) is 1.90. The van der Waals surface area contributed by atoms with Crippen molar-refractivity contribution in [3.8, 4) is 0 Å². The number of rotatable bonds is 3. The van der Waals surface area contributed by atoms with E-state index in [9.17, 15) is 9.90 Å². The molecule has 0 aliphatic rings. The maximum absolute atomic E-state index is 11.4. The molecular weight excluding hydrogens is 166 g/mol. The number of benzene rings is 1. The number of carbonyl (C=O) groups is 1. The van der Waals surface area contributed by atoms with Crippen LogP contribution in [0.2, 0.25) is 0 Å². The van der Waals surface area contributed by atoms with Crippen molar-refractivity contribution in [3.63, 3.8) is 0 Å². The predicted molar refractivity (Wildman–Crippen MR) is 50.6 cm³/mol. The number of aliphatic hydroxyl groups is 1. The van der Waals surface area contributed by atoms with E-state index < -0.39 is 6.10 Å². The Morgan fingerprint density at radius 1 is 1.46 bits per heavy atom. The first-order valence-electron chi connectivity index (χ1n) is 4.14. The highest BCUT2D eigenvalue weighted by molar-refractivity contribution is 5.99. The Hall–Kier alpha value is -1.19. The van der Waals surface area contributed by atoms with Crippen LogP contribution in [0, 0.1) is 6.92 Å². The van der Waals surface area contributed by atoms with Gasteiger partial charge in [0.25, 0.3) is 0 Å². The molecule has 3 N–H and O–H groups in total. The number of aryl methyl sites for hydroxylation is 1. The molecule has 3 heteroatoms. The highest BCUT2D eigenvalue weighted by Gasteiger charge is 2.14. The van der Waals surface area contributed by atoms with Crippen LogP contribution in [-0.4, -0.2) is 23.5 Å². The van der Waals surface area contributed by atoms with Crippen LogP contribution in [-0.2, 0) is 0 Å². The van der Waals surface area contributed by atoms with E-state index in [-0.39, 0.29) is 12.3 Å². The Bertz CT molecular complexity index is 292. The number of Topliss-reactive ketones (excluding diaryl/α,β-unsaturated/α-hetero) is 1. The topological polar surface area (TPSA) is 63.3 Å². The van der Waals surface area contributed by atoms with Crippen LogP contribution in [0.3, 0.4) is 0 Å². The second-order valence-electron chi connectivity index (χ2n) is 2.98. The lowest BCUT2D eigenvalue weighted by atomic mass is 10.1. The average Bonchev–Trinajstić information content (AvgIpc) is 2.17. The summed E-state index contributed by atoms with van der Waals surface area (Å²) >= 11 is 0. The lowest BCUT2D eigenvalue weighted by Crippen LogP contribution is -2.29. The normalized spacial score (nSPS) is 12.5. The predicted octanol–water partition coefficient (Wildman–Crippen LogP) is 0.497. The van der Waals surface area contributed by atoms with Crippen molar-refractivity contribution in [2.24, 2.45) is 5.73 Å². The summed E-state index contributed by atoms with van der Waals surface area (Å²) in [4.78, 5) is 11.4. The maximum Gasteiger partial charge on any atom is 0.192 e. The molecule has 70 valence electrons. The summed E-state index contributed by atoms with van der Waals surface area (Å²) < 4.78 is 0. The molecule has 0 fully saturated rings. The Balaban J connectivity index is 2.83. The Morgan fingerprint density at radius 3 is 2.46 bits per heavy atom. The molecule has 0 aliphatic heterocycles. The smallest absolute Gasteiger partial charge is 0.192 e. The molecule has 1 unspecified atom stereocenters. The van der Waals surface area contributed by atoms with Crippen molar-refractivity contribution in [2.75, 3.05) is 6.54 Å². The first kappa shape index (κ1) is 9.89. The van der Waals surface area contributed by atoms with E-state index in [0.29, 0.717) is 5.56 Å². The molecule has 0 saturated heterocycles. The summed E-state index contributed by atoms with van der Waals surface area (Å²) in [6, 6.07) is 7.04. The standard InChI is InChI=1S/C10H13NO2/c1-7-2-4-8(5-3-7)10(13)9(12)6-11/h2-5,9,12H,6,11H2,1H3. The van der Waals surface area contributed by atoms with E-state index in [1.807, 2.05) is 19.1 Å². The molecule has 0 amide bonds. The molecule has 1 aromatic rings. The van der Waals surface area contributed by atoms with Gasteiger partial charge in [0.1, 0.15) is 6.10 Å². The van der Waals surface area contributed by atoms with E-state index in [4.69, 9.17) is 5.73 Å². The van der Waals surface area contributed by atoms with Gasteiger partial charge in [-0.2, -0.15) is 0 Å². The minimum absolute atomic E-state index is 0.0350. The number of carbonyl (C=O) groups excluding carboxylic acids is 1. The van der Waals surface area contributed by atoms with Crippen molar-refractivity contribution in [1.29, 1.82) is 0 Å². The van der Waals surface area contributed by atoms with Crippen LogP contribution in [0.25, 0.3) is 0 Å². The van der Waals surface area contributed by atoms with Crippen LogP contribution in [0.5, 0.6) is 0 Å². The highest BCUT2D eigenvalue weighted by Crippen LogP contribution is 2.05. The maximum atomic E-state index is 11.4. The number of hydrogen-bond donors (Lipinski definition) is 2. The fraction of sp³-hybridized carbons (Fsp3) is 0.300. The third-order valence-electron chi connectivity index (χ3n) is 1.86. The van der Waals surface area contributed by atoms with Gasteiger partial charge in [0, 0.05) is 12.1 Å². The van der Waals surface area contributed by atoms with Gasteiger partial charge in [0.05, 0.1) is 0 Å². The van der Waals surface area contributed by atoms with Crippen molar-refractivity contribution in [1.82, 2.24) is 0 Å². The Kier molecular flexibility index (Phi) is 3.17. The van der Waals surface area contributed by atoms with Gasteiger partial charge in [0.15, 0.2) is 5.78 Å². The molecule has 1 rings (SSSR count). The third kappa shape index (κ3) is 2.37. The second kappa shape index (κ2) is 4.16. The molecule has 0 aromatic heterocycles. The minimum Gasteiger partial charge on any atom is -0.384 e. The first-order valence-corrected chi connectivity index (χ1v) is 4.14. The Labute approximate surface area is 77.2 Å². The largest absolute Gasteiger partial charge is 0.384 e. The summed E-state index contributed by atoms with van der Waals surface area (Å²) in [5.74, 6) is -0.317. The van der Waals surface area contributed by atoms with Crippen LogP contribution in [0.1, 0.15) is 15.9 Å². The van der Waals surface area contributed by atoms with E-state index in [1.165, 1.54) is 0 Å². The highest BCUT2D eigenvalue weighted by atomic mass is 16.3. The first-order chi connectivity index (χ1) is 6.15. The fourth-order valence-corrected chi connectivity index (χ4v) is 1.02. The van der Waals surface area contributed by atoms with Gasteiger partial charge >= 0.3 is 0 Å². The lowest BCUT2D eigenvalue weighted by molar-refractivity contribution is 0.0763. The molecule has 0 heterocycles. The number of ketones is 1. The third-order valence-corrected chi connectivity index (χ3v) is 1.86. The van der Waals surface area contributed by atoms with E-state index in [1.54, 1.807) is 12.1 Å². The summed E-state index contributed by atoms with van der Waals surface area (Å²) in [6.07, 6.45) is -1.08. The molecule has 13 heavy (non-hydrogen) atoms.